The molecule has 0 radical (unpaired) electrons. The van der Waals surface area contributed by atoms with Crippen molar-refractivity contribution < 1.29 is 9.21 Å². The van der Waals surface area contributed by atoms with Crippen molar-refractivity contribution in [3.63, 3.8) is 0 Å². The van der Waals surface area contributed by atoms with E-state index in [4.69, 9.17) is 4.42 Å². The second-order valence-electron chi connectivity index (χ2n) is 6.95. The summed E-state index contributed by atoms with van der Waals surface area (Å²) >= 11 is 1.51. The first-order valence-corrected chi connectivity index (χ1v) is 10.2. The quantitative estimate of drug-likeness (QED) is 0.583. The van der Waals surface area contributed by atoms with Crippen molar-refractivity contribution in [3.8, 4) is 11.3 Å². The van der Waals surface area contributed by atoms with Gasteiger partial charge in [0.1, 0.15) is 11.3 Å². The molecule has 1 amide bonds. The summed E-state index contributed by atoms with van der Waals surface area (Å²) in [5.74, 6) is 0.360. The van der Waals surface area contributed by atoms with E-state index in [1.54, 1.807) is 18.5 Å². The summed E-state index contributed by atoms with van der Waals surface area (Å²) in [5, 5.41) is 8.06. The number of nitrogens with zero attached hydrogens (tertiary/aromatic N) is 1. The molecule has 1 saturated heterocycles. The van der Waals surface area contributed by atoms with Gasteiger partial charge in [-0.2, -0.15) is 0 Å². The van der Waals surface area contributed by atoms with E-state index in [0.717, 1.165) is 37.2 Å². The number of benzene rings is 1. The molecule has 2 aromatic heterocycles. The Morgan fingerprint density at radius 1 is 1.30 bits per heavy atom. The molecule has 0 spiro atoms. The summed E-state index contributed by atoms with van der Waals surface area (Å²) in [5.41, 5.74) is 4.21. The molecule has 1 unspecified atom stereocenters. The van der Waals surface area contributed by atoms with E-state index in [1.807, 2.05) is 29.6 Å². The standard InChI is InChI=1S/C21H21N3O3S.2ClH/c1-13-8-18(15-5-3-7-22-10-15)27-21(26)19(13)20(25)24-16-6-2-4-14(9-16)17-11-28-12-23-17;;/h2,4,6,8-9,11-12,15,22H,3,5,7,10H2,1H3,(H,24,25);2*1H. The summed E-state index contributed by atoms with van der Waals surface area (Å²) in [6.45, 7) is 3.55. The zero-order valence-corrected chi connectivity index (χ0v) is 18.8. The molecule has 0 saturated carbocycles. The topological polar surface area (TPSA) is 84.2 Å². The third kappa shape index (κ3) is 5.29. The average molecular weight is 468 g/mol. The summed E-state index contributed by atoms with van der Waals surface area (Å²) in [6, 6.07) is 9.22. The first kappa shape index (κ1) is 24.1. The number of aryl methyl sites for hydroxylation is 1. The van der Waals surface area contributed by atoms with Gasteiger partial charge in [-0.05, 0) is 50.1 Å². The normalized spacial score (nSPS) is 15.6. The van der Waals surface area contributed by atoms with Gasteiger partial charge in [0.2, 0.25) is 0 Å². The van der Waals surface area contributed by atoms with Gasteiger partial charge in [0, 0.05) is 29.1 Å². The van der Waals surface area contributed by atoms with Crippen LogP contribution in [-0.2, 0) is 0 Å². The van der Waals surface area contributed by atoms with Crippen molar-refractivity contribution in [1.82, 2.24) is 10.3 Å². The lowest BCUT2D eigenvalue weighted by atomic mass is 9.95. The number of anilines is 1. The highest BCUT2D eigenvalue weighted by Gasteiger charge is 2.22. The molecule has 1 aromatic carbocycles. The lowest BCUT2D eigenvalue weighted by molar-refractivity contribution is 0.102. The molecule has 4 rings (SSSR count). The van der Waals surface area contributed by atoms with E-state index >= 15 is 0 Å². The highest BCUT2D eigenvalue weighted by Crippen LogP contribution is 2.25. The van der Waals surface area contributed by atoms with Crippen molar-refractivity contribution in [2.75, 3.05) is 18.4 Å². The zero-order valence-electron chi connectivity index (χ0n) is 16.3. The molecule has 3 heterocycles. The number of carbonyl (C=O) groups excluding carboxylic acids is 1. The smallest absolute Gasteiger partial charge is 0.349 e. The summed E-state index contributed by atoms with van der Waals surface area (Å²) < 4.78 is 5.51. The minimum atomic E-state index is -0.589. The molecule has 1 atom stereocenters. The number of amides is 1. The highest BCUT2D eigenvalue weighted by molar-refractivity contribution is 7.07. The maximum Gasteiger partial charge on any atom is 0.349 e. The van der Waals surface area contributed by atoms with Gasteiger partial charge in [-0.1, -0.05) is 12.1 Å². The Labute approximate surface area is 190 Å². The number of aromatic nitrogens is 1. The number of thiazole rings is 1. The maximum absolute atomic E-state index is 12.7. The number of hydrogen-bond donors (Lipinski definition) is 2. The SMILES string of the molecule is Cc1cc(C2CCCNC2)oc(=O)c1C(=O)Nc1cccc(-c2cscn2)c1.Cl.Cl. The Morgan fingerprint density at radius 3 is 2.80 bits per heavy atom. The van der Waals surface area contributed by atoms with Crippen LogP contribution in [0.2, 0.25) is 0 Å². The summed E-state index contributed by atoms with van der Waals surface area (Å²) in [7, 11) is 0. The number of nitrogens with one attached hydrogen (secondary N) is 2. The van der Waals surface area contributed by atoms with Gasteiger partial charge in [-0.3, -0.25) is 4.79 Å². The fraction of sp³-hybridized carbons (Fsp3) is 0.286. The molecule has 0 aliphatic carbocycles. The Hall–Kier alpha value is -2.19. The van der Waals surface area contributed by atoms with Gasteiger partial charge in [-0.15, -0.1) is 36.2 Å². The third-order valence-corrected chi connectivity index (χ3v) is 5.53. The third-order valence-electron chi connectivity index (χ3n) is 4.94. The highest BCUT2D eigenvalue weighted by atomic mass is 35.5. The lowest BCUT2D eigenvalue weighted by Crippen LogP contribution is -2.30. The van der Waals surface area contributed by atoms with Crippen LogP contribution in [-0.4, -0.2) is 24.0 Å². The van der Waals surface area contributed by atoms with Crippen LogP contribution >= 0.6 is 36.2 Å². The van der Waals surface area contributed by atoms with E-state index in [0.29, 0.717) is 17.0 Å². The van der Waals surface area contributed by atoms with E-state index in [1.165, 1.54) is 11.3 Å². The van der Waals surface area contributed by atoms with E-state index < -0.39 is 11.5 Å². The minimum absolute atomic E-state index is 0. The summed E-state index contributed by atoms with van der Waals surface area (Å²) in [4.78, 5) is 29.6. The molecule has 30 heavy (non-hydrogen) atoms. The lowest BCUT2D eigenvalue weighted by Gasteiger charge is -2.22. The molecule has 1 aliphatic heterocycles. The summed E-state index contributed by atoms with van der Waals surface area (Å²) in [6.07, 6.45) is 2.02. The Kier molecular flexibility index (Phi) is 8.61. The fourth-order valence-corrected chi connectivity index (χ4v) is 4.07. The van der Waals surface area contributed by atoms with Gasteiger partial charge in [0.05, 0.1) is 11.2 Å². The van der Waals surface area contributed by atoms with Crippen LogP contribution in [0.1, 0.15) is 40.4 Å². The van der Waals surface area contributed by atoms with E-state index in [9.17, 15) is 9.59 Å². The van der Waals surface area contributed by atoms with E-state index in [2.05, 4.69) is 15.6 Å². The first-order chi connectivity index (χ1) is 13.6. The Balaban J connectivity index is 0.00000160. The molecule has 3 aromatic rings. The zero-order chi connectivity index (χ0) is 19.5. The molecule has 160 valence electrons. The van der Waals surface area contributed by atoms with Crippen molar-refractivity contribution in [2.45, 2.75) is 25.7 Å². The van der Waals surface area contributed by atoms with E-state index in [-0.39, 0.29) is 36.3 Å². The number of halogens is 2. The molecular formula is C21H23Cl2N3O3S. The van der Waals surface area contributed by atoms with Gasteiger partial charge in [0.15, 0.2) is 0 Å². The van der Waals surface area contributed by atoms with Crippen LogP contribution in [0.4, 0.5) is 5.69 Å². The minimum Gasteiger partial charge on any atom is -0.427 e. The molecule has 6 nitrogen and oxygen atoms in total. The van der Waals surface area contributed by atoms with Crippen molar-refractivity contribution in [3.05, 3.63) is 68.5 Å². The van der Waals surface area contributed by atoms with Crippen molar-refractivity contribution >= 4 is 47.7 Å². The predicted octanol–water partition coefficient (Wildman–Crippen LogP) is 4.63. The average Bonchev–Trinajstić information content (AvgIpc) is 3.23. The van der Waals surface area contributed by atoms with Gasteiger partial charge < -0.3 is 15.1 Å². The van der Waals surface area contributed by atoms with Gasteiger partial charge in [0.25, 0.3) is 5.91 Å². The number of rotatable bonds is 4. The Bertz CT molecular complexity index is 1050. The number of hydrogen-bond acceptors (Lipinski definition) is 6. The van der Waals surface area contributed by atoms with Crippen LogP contribution in [0.25, 0.3) is 11.3 Å². The fourth-order valence-electron chi connectivity index (χ4n) is 3.51. The number of carbonyl (C=O) groups is 1. The molecule has 1 aliphatic rings. The number of piperidine rings is 1. The van der Waals surface area contributed by atoms with Crippen molar-refractivity contribution in [1.29, 1.82) is 0 Å². The molecule has 9 heteroatoms. The van der Waals surface area contributed by atoms with Crippen LogP contribution in [0.3, 0.4) is 0 Å². The molecule has 2 N–H and O–H groups in total. The van der Waals surface area contributed by atoms with Crippen molar-refractivity contribution in [2.24, 2.45) is 0 Å². The maximum atomic E-state index is 12.7. The second-order valence-corrected chi connectivity index (χ2v) is 7.66. The molecular weight excluding hydrogens is 445 g/mol. The van der Waals surface area contributed by atoms with Gasteiger partial charge >= 0.3 is 5.63 Å². The second kappa shape index (κ2) is 10.7. The monoisotopic (exact) mass is 467 g/mol. The molecule has 0 bridgehead atoms. The molecule has 1 fully saturated rings. The predicted molar refractivity (Wildman–Crippen MR) is 125 cm³/mol. The van der Waals surface area contributed by atoms with Crippen LogP contribution in [0.5, 0.6) is 0 Å². The Morgan fingerprint density at radius 2 is 2.13 bits per heavy atom. The first-order valence-electron chi connectivity index (χ1n) is 9.27. The van der Waals surface area contributed by atoms with Crippen LogP contribution in [0, 0.1) is 6.92 Å². The van der Waals surface area contributed by atoms with Crippen LogP contribution < -0.4 is 16.3 Å². The largest absolute Gasteiger partial charge is 0.427 e. The van der Waals surface area contributed by atoms with Gasteiger partial charge in [-0.25, -0.2) is 9.78 Å². The van der Waals surface area contributed by atoms with Crippen LogP contribution in [0.15, 0.2) is 50.4 Å².